The van der Waals surface area contributed by atoms with Crippen molar-refractivity contribution in [2.45, 2.75) is 46.2 Å². The predicted octanol–water partition coefficient (Wildman–Crippen LogP) is 4.37. The van der Waals surface area contributed by atoms with Gasteiger partial charge in [-0.2, -0.15) is 0 Å². The molecule has 1 saturated heterocycles. The molecule has 1 aliphatic rings. The topological polar surface area (TPSA) is 32.3 Å². The van der Waals surface area contributed by atoms with E-state index in [1.54, 1.807) is 0 Å². The van der Waals surface area contributed by atoms with Gasteiger partial charge in [0.25, 0.3) is 0 Å². The Morgan fingerprint density at radius 1 is 1.22 bits per heavy atom. The summed E-state index contributed by atoms with van der Waals surface area (Å²) in [7, 11) is 0. The van der Waals surface area contributed by atoms with Crippen LogP contribution in [-0.4, -0.2) is 29.9 Å². The fraction of sp³-hybridized carbons (Fsp3) is 0.611. The molecule has 23 heavy (non-hydrogen) atoms. The quantitative estimate of drug-likeness (QED) is 0.849. The van der Waals surface area contributed by atoms with Gasteiger partial charge in [0.05, 0.1) is 10.0 Å². The summed E-state index contributed by atoms with van der Waals surface area (Å²) in [5.41, 5.74) is 1.16. The third kappa shape index (κ3) is 5.37. The molecule has 1 amide bonds. The molecule has 2 rings (SSSR count). The monoisotopic (exact) mass is 356 g/mol. The summed E-state index contributed by atoms with van der Waals surface area (Å²) >= 11 is 12.0. The van der Waals surface area contributed by atoms with Crippen molar-refractivity contribution >= 4 is 29.1 Å². The van der Waals surface area contributed by atoms with Crippen LogP contribution in [0, 0.1) is 11.8 Å². The van der Waals surface area contributed by atoms with Crippen molar-refractivity contribution in [3.05, 3.63) is 33.8 Å². The number of nitrogens with zero attached hydrogens (tertiary/aromatic N) is 1. The van der Waals surface area contributed by atoms with Crippen LogP contribution in [-0.2, 0) is 11.3 Å². The van der Waals surface area contributed by atoms with Gasteiger partial charge in [0, 0.05) is 18.5 Å². The van der Waals surface area contributed by atoms with Crippen LogP contribution in [0.2, 0.25) is 10.0 Å². The summed E-state index contributed by atoms with van der Waals surface area (Å²) in [5.74, 6) is 0.815. The zero-order valence-electron chi connectivity index (χ0n) is 14.1. The summed E-state index contributed by atoms with van der Waals surface area (Å²) in [6.45, 7) is 9.06. The Bertz CT molecular complexity index is 540. The van der Waals surface area contributed by atoms with E-state index in [0.29, 0.717) is 16.0 Å². The second kappa shape index (κ2) is 8.36. The first kappa shape index (κ1) is 18.6. The van der Waals surface area contributed by atoms with Crippen molar-refractivity contribution in [3.8, 4) is 0 Å². The molecule has 0 spiro atoms. The summed E-state index contributed by atoms with van der Waals surface area (Å²) < 4.78 is 0. The van der Waals surface area contributed by atoms with Crippen LogP contribution >= 0.6 is 23.2 Å². The van der Waals surface area contributed by atoms with E-state index in [9.17, 15) is 4.79 Å². The number of benzene rings is 1. The van der Waals surface area contributed by atoms with Crippen LogP contribution in [0.1, 0.15) is 39.2 Å². The van der Waals surface area contributed by atoms with Crippen LogP contribution in [0.25, 0.3) is 0 Å². The molecule has 128 valence electrons. The lowest BCUT2D eigenvalue weighted by Crippen LogP contribution is -2.44. The fourth-order valence-corrected chi connectivity index (χ4v) is 3.08. The lowest BCUT2D eigenvalue weighted by Gasteiger charge is -2.32. The number of carbonyl (C=O) groups excluding carboxylic acids is 1. The van der Waals surface area contributed by atoms with Crippen LogP contribution < -0.4 is 5.32 Å². The minimum Gasteiger partial charge on any atom is -0.353 e. The number of halogens is 2. The van der Waals surface area contributed by atoms with E-state index in [-0.39, 0.29) is 17.9 Å². The van der Waals surface area contributed by atoms with Gasteiger partial charge >= 0.3 is 0 Å². The first-order valence-corrected chi connectivity index (χ1v) is 9.09. The maximum Gasteiger partial charge on any atom is 0.223 e. The molecular formula is C18H26Cl2N2O. The maximum absolute atomic E-state index is 12.3. The Kier molecular flexibility index (Phi) is 6.75. The number of rotatable bonds is 5. The molecular weight excluding hydrogens is 331 g/mol. The van der Waals surface area contributed by atoms with Gasteiger partial charge in [-0.1, -0.05) is 43.1 Å². The van der Waals surface area contributed by atoms with Crippen molar-refractivity contribution in [2.75, 3.05) is 13.1 Å². The van der Waals surface area contributed by atoms with E-state index in [4.69, 9.17) is 23.2 Å². The average molecular weight is 357 g/mol. The van der Waals surface area contributed by atoms with Gasteiger partial charge in [0.1, 0.15) is 0 Å². The van der Waals surface area contributed by atoms with E-state index >= 15 is 0 Å². The molecule has 0 aliphatic carbocycles. The second-order valence-corrected chi connectivity index (χ2v) is 7.65. The molecule has 0 unspecified atom stereocenters. The molecule has 0 aromatic heterocycles. The van der Waals surface area contributed by atoms with Crippen LogP contribution in [0.5, 0.6) is 0 Å². The van der Waals surface area contributed by atoms with Gasteiger partial charge in [-0.3, -0.25) is 9.69 Å². The number of likely N-dealkylation sites (tertiary alicyclic amines) is 1. The number of nitrogens with one attached hydrogen (secondary N) is 1. The van der Waals surface area contributed by atoms with E-state index < -0.39 is 0 Å². The Balaban J connectivity index is 1.81. The molecule has 0 radical (unpaired) electrons. The first-order valence-electron chi connectivity index (χ1n) is 8.33. The first-order chi connectivity index (χ1) is 10.9. The molecule has 1 aliphatic heterocycles. The van der Waals surface area contributed by atoms with E-state index in [0.717, 1.165) is 38.0 Å². The highest BCUT2D eigenvalue weighted by Gasteiger charge is 2.26. The molecule has 1 heterocycles. The Morgan fingerprint density at radius 2 is 1.87 bits per heavy atom. The predicted molar refractivity (Wildman–Crippen MR) is 96.9 cm³/mol. The maximum atomic E-state index is 12.3. The van der Waals surface area contributed by atoms with Gasteiger partial charge in [-0.05, 0) is 56.5 Å². The third-order valence-corrected chi connectivity index (χ3v) is 5.46. The highest BCUT2D eigenvalue weighted by Crippen LogP contribution is 2.25. The van der Waals surface area contributed by atoms with Crippen molar-refractivity contribution in [2.24, 2.45) is 11.8 Å². The lowest BCUT2D eigenvalue weighted by molar-refractivity contribution is -0.127. The van der Waals surface area contributed by atoms with E-state index in [1.807, 2.05) is 18.2 Å². The van der Waals surface area contributed by atoms with Crippen molar-refractivity contribution in [3.63, 3.8) is 0 Å². The number of hydrogen-bond donors (Lipinski definition) is 1. The van der Waals surface area contributed by atoms with Gasteiger partial charge in [-0.25, -0.2) is 0 Å². The normalized spacial score (nSPS) is 18.2. The van der Waals surface area contributed by atoms with Gasteiger partial charge < -0.3 is 5.32 Å². The summed E-state index contributed by atoms with van der Waals surface area (Å²) in [6, 6.07) is 6.01. The van der Waals surface area contributed by atoms with Crippen molar-refractivity contribution in [1.29, 1.82) is 0 Å². The molecule has 1 atom stereocenters. The minimum atomic E-state index is 0.140. The average Bonchev–Trinajstić information content (AvgIpc) is 2.51. The zero-order chi connectivity index (χ0) is 17.0. The Hall–Kier alpha value is -0.770. The van der Waals surface area contributed by atoms with E-state index in [1.165, 1.54) is 0 Å². The number of amides is 1. The molecule has 1 aromatic carbocycles. The SMILES string of the molecule is CC(C)[C@H](C)NC(=O)C1CCN(Cc2ccc(Cl)c(Cl)c2)CC1. The van der Waals surface area contributed by atoms with Crippen LogP contribution in [0.15, 0.2) is 18.2 Å². The third-order valence-electron chi connectivity index (χ3n) is 4.72. The Labute approximate surface area is 149 Å². The molecule has 0 bridgehead atoms. The molecule has 1 N–H and O–H groups in total. The van der Waals surface area contributed by atoms with E-state index in [2.05, 4.69) is 31.0 Å². The molecule has 1 aromatic rings. The zero-order valence-corrected chi connectivity index (χ0v) is 15.6. The molecule has 0 saturated carbocycles. The largest absolute Gasteiger partial charge is 0.353 e. The molecule has 1 fully saturated rings. The van der Waals surface area contributed by atoms with Gasteiger partial charge in [0.2, 0.25) is 5.91 Å². The summed E-state index contributed by atoms with van der Waals surface area (Å²) in [5, 5.41) is 4.32. The minimum absolute atomic E-state index is 0.140. The highest BCUT2D eigenvalue weighted by atomic mass is 35.5. The van der Waals surface area contributed by atoms with Crippen LogP contribution in [0.3, 0.4) is 0 Å². The Morgan fingerprint density at radius 3 is 2.43 bits per heavy atom. The summed E-state index contributed by atoms with van der Waals surface area (Å²) in [4.78, 5) is 14.7. The standard InChI is InChI=1S/C18H26Cl2N2O/c1-12(2)13(3)21-18(23)15-6-8-22(9-7-15)11-14-4-5-16(19)17(20)10-14/h4-5,10,12-13,15H,6-9,11H2,1-3H3,(H,21,23)/t13-/m0/s1. The number of hydrogen-bond acceptors (Lipinski definition) is 2. The van der Waals surface area contributed by atoms with Crippen molar-refractivity contribution < 1.29 is 4.79 Å². The van der Waals surface area contributed by atoms with Crippen molar-refractivity contribution in [1.82, 2.24) is 10.2 Å². The smallest absolute Gasteiger partial charge is 0.223 e. The number of piperidine rings is 1. The molecule has 3 nitrogen and oxygen atoms in total. The second-order valence-electron chi connectivity index (χ2n) is 6.84. The fourth-order valence-electron chi connectivity index (χ4n) is 2.76. The highest BCUT2D eigenvalue weighted by molar-refractivity contribution is 6.42. The van der Waals surface area contributed by atoms with Gasteiger partial charge in [0.15, 0.2) is 0 Å². The lowest BCUT2D eigenvalue weighted by atomic mass is 9.94. The molecule has 5 heteroatoms. The number of carbonyl (C=O) groups is 1. The van der Waals surface area contributed by atoms with Gasteiger partial charge in [-0.15, -0.1) is 0 Å². The summed E-state index contributed by atoms with van der Waals surface area (Å²) in [6.07, 6.45) is 1.83. The van der Waals surface area contributed by atoms with Crippen LogP contribution in [0.4, 0.5) is 0 Å².